The molecule has 0 saturated heterocycles. The van der Waals surface area contributed by atoms with E-state index >= 15 is 0 Å². The number of nitrogens with two attached hydrogens (primary N) is 1. The smallest absolute Gasteiger partial charge is 0.273 e. The largest absolute Gasteiger partial charge is 0.398 e. The fourth-order valence-corrected chi connectivity index (χ4v) is 1.91. The second-order valence-corrected chi connectivity index (χ2v) is 4.03. The summed E-state index contributed by atoms with van der Waals surface area (Å²) in [6, 6.07) is 11.7. The van der Waals surface area contributed by atoms with Crippen LogP contribution in [0.3, 0.4) is 0 Å². The van der Waals surface area contributed by atoms with Crippen LogP contribution in [0, 0.1) is 10.1 Å². The lowest BCUT2D eigenvalue weighted by atomic mass is 10.2. The van der Waals surface area contributed by atoms with Crippen LogP contribution in [0.4, 0.5) is 11.4 Å². The van der Waals surface area contributed by atoms with Gasteiger partial charge in [-0.2, -0.15) is 0 Å². The lowest BCUT2D eigenvalue weighted by molar-refractivity contribution is -0.384. The molecule has 3 aromatic rings. The molecule has 0 atom stereocenters. The Labute approximate surface area is 107 Å². The van der Waals surface area contributed by atoms with Crippen LogP contribution in [0.25, 0.3) is 16.7 Å². The molecule has 2 N–H and O–H groups in total. The zero-order chi connectivity index (χ0) is 13.4. The highest BCUT2D eigenvalue weighted by molar-refractivity contribution is 5.76. The summed E-state index contributed by atoms with van der Waals surface area (Å²) in [5.41, 5.74) is 7.91. The average molecular weight is 255 g/mol. The van der Waals surface area contributed by atoms with E-state index < -0.39 is 4.92 Å². The Bertz CT molecular complexity index is 781. The number of hydrogen-bond donors (Lipinski definition) is 1. The van der Waals surface area contributed by atoms with Crippen molar-refractivity contribution in [3.8, 4) is 5.69 Å². The number of nitrogens with zero attached hydrogens (tertiary/aromatic N) is 4. The van der Waals surface area contributed by atoms with Crippen molar-refractivity contribution in [2.75, 3.05) is 5.73 Å². The number of para-hydroxylation sites is 1. The van der Waals surface area contributed by atoms with E-state index in [0.29, 0.717) is 16.9 Å². The van der Waals surface area contributed by atoms with Crippen molar-refractivity contribution in [3.05, 3.63) is 52.6 Å². The topological polar surface area (TPSA) is 99.9 Å². The molecule has 0 radical (unpaired) electrons. The maximum Gasteiger partial charge on any atom is 0.273 e. The number of nitro groups is 1. The van der Waals surface area contributed by atoms with Gasteiger partial charge in [0, 0.05) is 17.8 Å². The van der Waals surface area contributed by atoms with E-state index in [-0.39, 0.29) is 5.69 Å². The number of rotatable bonds is 2. The number of hydrogen-bond acceptors (Lipinski definition) is 5. The standard InChI is InChI=1S/C12H9N5O2/c13-8-5-9(7-10(6-8)17(18)19)16-12-4-2-1-3-11(12)14-15-16/h1-7H,13H2. The Kier molecular flexibility index (Phi) is 2.38. The van der Waals surface area contributed by atoms with Gasteiger partial charge in [0.25, 0.3) is 5.69 Å². The van der Waals surface area contributed by atoms with Crippen molar-refractivity contribution < 1.29 is 4.92 Å². The van der Waals surface area contributed by atoms with Crippen molar-refractivity contribution in [1.82, 2.24) is 15.0 Å². The first-order valence-corrected chi connectivity index (χ1v) is 5.51. The zero-order valence-corrected chi connectivity index (χ0v) is 9.72. The van der Waals surface area contributed by atoms with E-state index in [1.165, 1.54) is 16.8 Å². The van der Waals surface area contributed by atoms with Crippen LogP contribution >= 0.6 is 0 Å². The second kappa shape index (κ2) is 4.05. The second-order valence-electron chi connectivity index (χ2n) is 4.03. The molecule has 0 bridgehead atoms. The number of nitro benzene ring substituents is 1. The summed E-state index contributed by atoms with van der Waals surface area (Å²) >= 11 is 0. The minimum absolute atomic E-state index is 0.0745. The molecule has 1 aromatic heterocycles. The minimum Gasteiger partial charge on any atom is -0.398 e. The van der Waals surface area contributed by atoms with Crippen LogP contribution in [-0.2, 0) is 0 Å². The predicted octanol–water partition coefficient (Wildman–Crippen LogP) is 1.91. The molecule has 0 saturated carbocycles. The maximum absolute atomic E-state index is 10.8. The van der Waals surface area contributed by atoms with E-state index in [2.05, 4.69) is 10.3 Å². The highest BCUT2D eigenvalue weighted by Crippen LogP contribution is 2.23. The number of anilines is 1. The van der Waals surface area contributed by atoms with Crippen LogP contribution in [0.5, 0.6) is 0 Å². The molecule has 0 spiro atoms. The molecule has 2 aromatic carbocycles. The van der Waals surface area contributed by atoms with Crippen molar-refractivity contribution in [2.45, 2.75) is 0 Å². The third-order valence-electron chi connectivity index (χ3n) is 2.73. The zero-order valence-electron chi connectivity index (χ0n) is 9.72. The Morgan fingerprint density at radius 3 is 2.79 bits per heavy atom. The Hall–Kier alpha value is -2.96. The van der Waals surface area contributed by atoms with Crippen LogP contribution in [0.1, 0.15) is 0 Å². The van der Waals surface area contributed by atoms with E-state index in [1.807, 2.05) is 24.3 Å². The van der Waals surface area contributed by atoms with Gasteiger partial charge >= 0.3 is 0 Å². The highest BCUT2D eigenvalue weighted by atomic mass is 16.6. The van der Waals surface area contributed by atoms with E-state index in [9.17, 15) is 10.1 Å². The summed E-state index contributed by atoms with van der Waals surface area (Å²) in [5.74, 6) is 0. The molecular formula is C12H9N5O2. The number of benzene rings is 2. The summed E-state index contributed by atoms with van der Waals surface area (Å²) in [5, 5.41) is 18.8. The number of aromatic nitrogens is 3. The van der Waals surface area contributed by atoms with E-state index in [4.69, 9.17) is 5.73 Å². The van der Waals surface area contributed by atoms with Gasteiger partial charge < -0.3 is 5.73 Å². The molecule has 0 unspecified atom stereocenters. The molecule has 1 heterocycles. The van der Waals surface area contributed by atoms with E-state index in [0.717, 1.165) is 5.52 Å². The lowest BCUT2D eigenvalue weighted by Crippen LogP contribution is -2.00. The van der Waals surface area contributed by atoms with Crippen LogP contribution in [0.2, 0.25) is 0 Å². The van der Waals surface area contributed by atoms with Crippen molar-refractivity contribution >= 4 is 22.4 Å². The van der Waals surface area contributed by atoms with Crippen LogP contribution in [0.15, 0.2) is 42.5 Å². The third kappa shape index (κ3) is 1.86. The normalized spacial score (nSPS) is 10.7. The van der Waals surface area contributed by atoms with Gasteiger partial charge in [0.15, 0.2) is 0 Å². The van der Waals surface area contributed by atoms with Gasteiger partial charge in [0.2, 0.25) is 0 Å². The van der Waals surface area contributed by atoms with Gasteiger partial charge in [-0.3, -0.25) is 10.1 Å². The SMILES string of the molecule is Nc1cc(-n2nnc3ccccc32)cc([N+](=O)[O-])c1. The molecule has 7 nitrogen and oxygen atoms in total. The summed E-state index contributed by atoms with van der Waals surface area (Å²) in [7, 11) is 0. The average Bonchev–Trinajstić information content (AvgIpc) is 2.81. The predicted molar refractivity (Wildman–Crippen MR) is 69.9 cm³/mol. The molecule has 0 amide bonds. The fourth-order valence-electron chi connectivity index (χ4n) is 1.91. The highest BCUT2D eigenvalue weighted by Gasteiger charge is 2.12. The molecule has 3 rings (SSSR count). The van der Waals surface area contributed by atoms with Gasteiger partial charge in [-0.1, -0.05) is 17.3 Å². The Morgan fingerprint density at radius 2 is 2.00 bits per heavy atom. The fraction of sp³-hybridized carbons (Fsp3) is 0. The first kappa shape index (κ1) is 11.1. The monoisotopic (exact) mass is 255 g/mol. The molecule has 0 aliphatic carbocycles. The first-order valence-electron chi connectivity index (χ1n) is 5.51. The summed E-state index contributed by atoms with van der Waals surface area (Å²) < 4.78 is 1.53. The van der Waals surface area contributed by atoms with Crippen LogP contribution < -0.4 is 5.73 Å². The number of fused-ring (bicyclic) bond motifs is 1. The van der Waals surface area contributed by atoms with Gasteiger partial charge in [-0.15, -0.1) is 5.10 Å². The summed E-state index contributed by atoms with van der Waals surface area (Å²) in [6.07, 6.45) is 0. The van der Waals surface area contributed by atoms with Gasteiger partial charge in [0.05, 0.1) is 16.1 Å². The van der Waals surface area contributed by atoms with Crippen molar-refractivity contribution in [2.24, 2.45) is 0 Å². The van der Waals surface area contributed by atoms with E-state index in [1.54, 1.807) is 6.07 Å². The Balaban J connectivity index is 2.24. The van der Waals surface area contributed by atoms with Crippen molar-refractivity contribution in [3.63, 3.8) is 0 Å². The molecule has 0 aliphatic heterocycles. The maximum atomic E-state index is 10.8. The molecule has 0 fully saturated rings. The first-order chi connectivity index (χ1) is 9.15. The van der Waals surface area contributed by atoms with Gasteiger partial charge in [-0.05, 0) is 18.2 Å². The van der Waals surface area contributed by atoms with Gasteiger partial charge in [0.1, 0.15) is 5.52 Å². The summed E-state index contributed by atoms with van der Waals surface area (Å²) in [6.45, 7) is 0. The molecular weight excluding hydrogens is 246 g/mol. The molecule has 19 heavy (non-hydrogen) atoms. The quantitative estimate of drug-likeness (QED) is 0.428. The minimum atomic E-state index is -0.487. The molecule has 7 heteroatoms. The lowest BCUT2D eigenvalue weighted by Gasteiger charge is -2.03. The summed E-state index contributed by atoms with van der Waals surface area (Å²) in [4.78, 5) is 10.4. The Morgan fingerprint density at radius 1 is 1.21 bits per heavy atom. The number of nitrogen functional groups attached to an aromatic ring is 1. The van der Waals surface area contributed by atoms with Crippen LogP contribution in [-0.4, -0.2) is 19.9 Å². The number of non-ortho nitro benzene ring substituents is 1. The molecule has 94 valence electrons. The van der Waals surface area contributed by atoms with Crippen molar-refractivity contribution in [1.29, 1.82) is 0 Å². The third-order valence-corrected chi connectivity index (χ3v) is 2.73. The molecule has 0 aliphatic rings. The van der Waals surface area contributed by atoms with Gasteiger partial charge in [-0.25, -0.2) is 4.68 Å².